The number of hydrogen-bond acceptors (Lipinski definition) is 3. The van der Waals surface area contributed by atoms with E-state index in [4.69, 9.17) is 5.73 Å². The molecule has 0 radical (unpaired) electrons. The van der Waals surface area contributed by atoms with Gasteiger partial charge >= 0.3 is 0 Å². The van der Waals surface area contributed by atoms with Crippen LogP contribution < -0.4 is 10.6 Å². The summed E-state index contributed by atoms with van der Waals surface area (Å²) in [5.41, 5.74) is 9.72. The first-order valence-corrected chi connectivity index (χ1v) is 12.2. The lowest BCUT2D eigenvalue weighted by Gasteiger charge is -2.32. The lowest BCUT2D eigenvalue weighted by Crippen LogP contribution is -2.37. The lowest BCUT2D eigenvalue weighted by atomic mass is 9.75. The first-order chi connectivity index (χ1) is 17.3. The highest BCUT2D eigenvalue weighted by Crippen LogP contribution is 2.62. The minimum atomic E-state index is -0.657. The van der Waals surface area contributed by atoms with Crippen LogP contribution in [0.5, 0.6) is 0 Å². The molecule has 2 N–H and O–H groups in total. The average Bonchev–Trinajstić information content (AvgIpc) is 3.49. The van der Waals surface area contributed by atoms with Gasteiger partial charge in [0.15, 0.2) is 0 Å². The monoisotopic (exact) mass is 482 g/mol. The van der Waals surface area contributed by atoms with E-state index in [0.717, 1.165) is 33.4 Å². The highest BCUT2D eigenvalue weighted by atomic mass is 19.1. The number of aryl methyl sites for hydroxylation is 1. The molecule has 1 aliphatic carbocycles. The van der Waals surface area contributed by atoms with Crippen LogP contribution in [0.25, 0.3) is 16.6 Å². The number of nitrogens with zero attached hydrogens (tertiary/aromatic N) is 3. The van der Waals surface area contributed by atoms with Crippen LogP contribution in [0.1, 0.15) is 36.9 Å². The molecule has 1 saturated heterocycles. The van der Waals surface area contributed by atoms with Gasteiger partial charge in [0.1, 0.15) is 5.82 Å². The van der Waals surface area contributed by atoms with Crippen molar-refractivity contribution in [2.45, 2.75) is 32.7 Å². The number of amides is 2. The van der Waals surface area contributed by atoms with E-state index in [1.165, 1.54) is 12.1 Å². The van der Waals surface area contributed by atoms with Crippen molar-refractivity contribution in [3.05, 3.63) is 89.9 Å². The second-order valence-electron chi connectivity index (χ2n) is 10.2. The Hall–Kier alpha value is -4.00. The van der Waals surface area contributed by atoms with Gasteiger partial charge in [-0.05, 0) is 67.8 Å². The molecule has 182 valence electrons. The van der Waals surface area contributed by atoms with Gasteiger partial charge in [-0.25, -0.2) is 9.07 Å². The van der Waals surface area contributed by atoms with Gasteiger partial charge in [-0.3, -0.25) is 9.59 Å². The maximum atomic E-state index is 13.8. The maximum absolute atomic E-state index is 13.8. The van der Waals surface area contributed by atoms with Crippen LogP contribution in [0.15, 0.2) is 72.9 Å². The highest BCUT2D eigenvalue weighted by molar-refractivity contribution is 6.01. The van der Waals surface area contributed by atoms with Crippen molar-refractivity contribution in [3.63, 3.8) is 0 Å². The first kappa shape index (κ1) is 22.5. The van der Waals surface area contributed by atoms with Gasteiger partial charge in [-0.15, -0.1) is 0 Å². The quantitative estimate of drug-likeness (QED) is 0.431. The summed E-state index contributed by atoms with van der Waals surface area (Å²) >= 11 is 0. The molecule has 6 rings (SSSR count). The summed E-state index contributed by atoms with van der Waals surface area (Å²) in [5, 5.41) is 5.36. The molecule has 2 fully saturated rings. The smallest absolute Gasteiger partial charge is 0.230 e. The third-order valence-electron chi connectivity index (χ3n) is 7.99. The number of rotatable bonds is 5. The highest BCUT2D eigenvalue weighted by Gasteiger charge is 2.64. The number of primary amides is 1. The van der Waals surface area contributed by atoms with Crippen molar-refractivity contribution in [3.8, 4) is 5.69 Å². The lowest BCUT2D eigenvalue weighted by molar-refractivity contribution is -0.126. The Morgan fingerprint density at radius 2 is 1.78 bits per heavy atom. The Balaban J connectivity index is 1.47. The number of fused-ring (bicyclic) bond motifs is 1. The van der Waals surface area contributed by atoms with Gasteiger partial charge in [0.25, 0.3) is 0 Å². The van der Waals surface area contributed by atoms with Crippen LogP contribution in [0, 0.1) is 30.0 Å². The Kier molecular flexibility index (Phi) is 5.00. The number of benzene rings is 3. The van der Waals surface area contributed by atoms with E-state index < -0.39 is 5.41 Å². The summed E-state index contributed by atoms with van der Waals surface area (Å²) in [7, 11) is 0. The van der Waals surface area contributed by atoms with Gasteiger partial charge in [-0.2, -0.15) is 5.10 Å². The summed E-state index contributed by atoms with van der Waals surface area (Å²) in [6.45, 7) is 3.95. The molecule has 6 nitrogen and oxygen atoms in total. The zero-order valence-electron chi connectivity index (χ0n) is 20.2. The van der Waals surface area contributed by atoms with Crippen molar-refractivity contribution in [1.29, 1.82) is 0 Å². The fourth-order valence-electron chi connectivity index (χ4n) is 6.06. The number of anilines is 1. The van der Waals surface area contributed by atoms with Crippen molar-refractivity contribution in [2.24, 2.45) is 23.0 Å². The Bertz CT molecular complexity index is 1510. The topological polar surface area (TPSA) is 81.2 Å². The second kappa shape index (κ2) is 8.01. The molecule has 2 heterocycles. The molecule has 2 amide bonds. The molecule has 1 aliphatic heterocycles. The van der Waals surface area contributed by atoms with Crippen LogP contribution in [-0.4, -0.2) is 21.6 Å². The van der Waals surface area contributed by atoms with E-state index in [0.29, 0.717) is 12.8 Å². The van der Waals surface area contributed by atoms with Gasteiger partial charge in [0.05, 0.1) is 28.9 Å². The Morgan fingerprint density at radius 1 is 1.06 bits per heavy atom. The fourth-order valence-corrected chi connectivity index (χ4v) is 6.06. The predicted molar refractivity (Wildman–Crippen MR) is 136 cm³/mol. The van der Waals surface area contributed by atoms with Crippen LogP contribution in [-0.2, 0) is 9.59 Å². The fraction of sp³-hybridized carbons (Fsp3) is 0.276. The van der Waals surface area contributed by atoms with Gasteiger partial charge < -0.3 is 10.6 Å². The van der Waals surface area contributed by atoms with Crippen LogP contribution in [0.3, 0.4) is 0 Å². The van der Waals surface area contributed by atoms with E-state index in [1.54, 1.807) is 23.0 Å². The molecule has 0 bridgehead atoms. The molecular formula is C29H27FN4O2. The molecular weight excluding hydrogens is 455 g/mol. The van der Waals surface area contributed by atoms with E-state index in [1.807, 2.05) is 55.1 Å². The molecule has 3 atom stereocenters. The normalized spacial score (nSPS) is 22.8. The summed E-state index contributed by atoms with van der Waals surface area (Å²) in [6.07, 6.45) is 3.17. The zero-order valence-corrected chi connectivity index (χ0v) is 20.2. The zero-order chi connectivity index (χ0) is 25.2. The largest absolute Gasteiger partial charge is 0.369 e. The molecule has 4 aromatic rings. The average molecular weight is 483 g/mol. The summed E-state index contributed by atoms with van der Waals surface area (Å²) in [4.78, 5) is 28.2. The summed E-state index contributed by atoms with van der Waals surface area (Å²) in [5.74, 6) is -1.18. The van der Waals surface area contributed by atoms with Gasteiger partial charge in [-0.1, -0.05) is 36.8 Å². The number of hydrogen-bond donors (Lipinski definition) is 1. The number of halogens is 1. The molecule has 7 heteroatoms. The molecule has 1 aromatic heterocycles. The van der Waals surface area contributed by atoms with E-state index in [-0.39, 0.29) is 35.5 Å². The predicted octanol–water partition coefficient (Wildman–Crippen LogP) is 5.08. The van der Waals surface area contributed by atoms with Crippen LogP contribution in [0.4, 0.5) is 10.1 Å². The summed E-state index contributed by atoms with van der Waals surface area (Å²) < 4.78 is 15.2. The minimum absolute atomic E-state index is 0.00990. The van der Waals surface area contributed by atoms with E-state index >= 15 is 0 Å². The van der Waals surface area contributed by atoms with Crippen LogP contribution in [0.2, 0.25) is 0 Å². The number of carbonyl (C=O) groups excluding carboxylic acids is 2. The third kappa shape index (κ3) is 3.33. The molecule has 2 aliphatic rings. The maximum Gasteiger partial charge on any atom is 0.230 e. The van der Waals surface area contributed by atoms with E-state index in [2.05, 4.69) is 11.2 Å². The Labute approximate surface area is 208 Å². The van der Waals surface area contributed by atoms with Crippen molar-refractivity contribution < 1.29 is 14.0 Å². The van der Waals surface area contributed by atoms with Crippen molar-refractivity contribution >= 4 is 28.4 Å². The third-order valence-corrected chi connectivity index (χ3v) is 7.99. The standard InChI is InChI=1S/C29H27FN4O2/c1-17-4-3-5-19(14-17)26-25(29(12-13-29)28(31)36)18(2)27(35)33(26)23-10-11-24-20(15-23)16-32-34(24)22-8-6-21(30)7-9-22/h3-11,14-16,18,25-26H,12-13H2,1-2H3,(H2,31,36)/t18-,25-,26+/m1/s1. The second-order valence-corrected chi connectivity index (χ2v) is 10.2. The van der Waals surface area contributed by atoms with Gasteiger partial charge in [0.2, 0.25) is 11.8 Å². The van der Waals surface area contributed by atoms with Crippen LogP contribution >= 0.6 is 0 Å². The minimum Gasteiger partial charge on any atom is -0.369 e. The number of aromatic nitrogens is 2. The SMILES string of the molecule is Cc1cccc([C@H]2[C@H](C3(C(N)=O)CC3)[C@@H](C)C(=O)N2c2ccc3c(cnn3-c3ccc(F)cc3)c2)c1. The molecule has 1 saturated carbocycles. The molecule has 3 aromatic carbocycles. The molecule has 36 heavy (non-hydrogen) atoms. The van der Waals surface area contributed by atoms with Crippen molar-refractivity contribution in [1.82, 2.24) is 9.78 Å². The molecule has 0 unspecified atom stereocenters. The van der Waals surface area contributed by atoms with Crippen molar-refractivity contribution in [2.75, 3.05) is 4.90 Å². The Morgan fingerprint density at radius 3 is 2.44 bits per heavy atom. The number of nitrogens with two attached hydrogens (primary N) is 1. The van der Waals surface area contributed by atoms with Gasteiger partial charge in [0, 0.05) is 22.9 Å². The number of carbonyl (C=O) groups is 2. The van der Waals surface area contributed by atoms with E-state index in [9.17, 15) is 14.0 Å². The molecule has 0 spiro atoms. The summed E-state index contributed by atoms with van der Waals surface area (Å²) in [6, 6.07) is 19.8. The first-order valence-electron chi connectivity index (χ1n) is 12.2.